The normalized spacial score (nSPS) is 14.9. The Balaban J connectivity index is 1.76. The van der Waals surface area contributed by atoms with Gasteiger partial charge in [0.25, 0.3) is 5.91 Å². The SMILES string of the molecule is Cc1c(C(=O)Nc2ccccc2)c(-c2ccc(Cl)cc2)c(-c2ccc(Cl)cc2)n1CC1=CC(=O)OC1O. The maximum Gasteiger partial charge on any atom is 0.333 e. The zero-order valence-corrected chi connectivity index (χ0v) is 21.3. The van der Waals surface area contributed by atoms with Crippen LogP contribution in [0.1, 0.15) is 16.1 Å². The van der Waals surface area contributed by atoms with Gasteiger partial charge in [0.05, 0.1) is 17.8 Å². The number of halogens is 2. The number of amides is 1. The summed E-state index contributed by atoms with van der Waals surface area (Å²) in [7, 11) is 0. The summed E-state index contributed by atoms with van der Waals surface area (Å²) < 4.78 is 6.81. The van der Waals surface area contributed by atoms with E-state index in [1.54, 1.807) is 24.3 Å². The molecule has 0 spiro atoms. The number of nitrogens with one attached hydrogen (secondary N) is 1. The molecule has 37 heavy (non-hydrogen) atoms. The molecular formula is C29H22Cl2N2O4. The monoisotopic (exact) mass is 532 g/mol. The summed E-state index contributed by atoms with van der Waals surface area (Å²) in [6.45, 7) is 1.97. The molecule has 0 saturated carbocycles. The lowest BCUT2D eigenvalue weighted by atomic mass is 9.96. The third kappa shape index (κ3) is 5.04. The Bertz CT molecular complexity index is 1510. The Kier molecular flexibility index (Phi) is 6.89. The number of rotatable bonds is 6. The molecule has 4 aromatic rings. The van der Waals surface area contributed by atoms with Gasteiger partial charge < -0.3 is 19.7 Å². The number of carbonyl (C=O) groups excluding carboxylic acids is 2. The molecule has 0 saturated heterocycles. The van der Waals surface area contributed by atoms with E-state index in [4.69, 9.17) is 27.9 Å². The lowest BCUT2D eigenvalue weighted by Gasteiger charge is -2.16. The molecule has 1 amide bonds. The summed E-state index contributed by atoms with van der Waals surface area (Å²) in [6.07, 6.45) is -0.0746. The van der Waals surface area contributed by atoms with E-state index in [2.05, 4.69) is 5.32 Å². The summed E-state index contributed by atoms with van der Waals surface area (Å²) >= 11 is 12.4. The van der Waals surface area contributed by atoms with Crippen LogP contribution in [0.25, 0.3) is 22.4 Å². The predicted molar refractivity (Wildman–Crippen MR) is 145 cm³/mol. The number of nitrogens with zero attached hydrogens (tertiary/aromatic N) is 1. The number of hydrogen-bond donors (Lipinski definition) is 2. The van der Waals surface area contributed by atoms with Crippen molar-refractivity contribution in [3.63, 3.8) is 0 Å². The molecule has 6 nitrogen and oxygen atoms in total. The Hall–Kier alpha value is -3.84. The minimum absolute atomic E-state index is 0.135. The number of esters is 1. The zero-order chi connectivity index (χ0) is 26.1. The smallest absolute Gasteiger partial charge is 0.333 e. The van der Waals surface area contributed by atoms with E-state index in [0.717, 1.165) is 16.8 Å². The van der Waals surface area contributed by atoms with E-state index in [9.17, 15) is 14.7 Å². The average molecular weight is 533 g/mol. The average Bonchev–Trinajstić information content (AvgIpc) is 3.35. The number of cyclic esters (lactones) is 1. The van der Waals surface area contributed by atoms with Crippen LogP contribution in [0.3, 0.4) is 0 Å². The topological polar surface area (TPSA) is 80.6 Å². The number of ether oxygens (including phenoxy) is 1. The number of aliphatic hydroxyl groups is 1. The van der Waals surface area contributed by atoms with Gasteiger partial charge in [-0.25, -0.2) is 4.79 Å². The molecule has 8 heteroatoms. The highest BCUT2D eigenvalue weighted by molar-refractivity contribution is 6.31. The van der Waals surface area contributed by atoms with E-state index in [-0.39, 0.29) is 12.5 Å². The molecule has 3 aromatic carbocycles. The third-order valence-electron chi connectivity index (χ3n) is 6.22. The van der Waals surface area contributed by atoms with E-state index in [0.29, 0.717) is 38.1 Å². The number of carbonyl (C=O) groups is 2. The molecule has 2 N–H and O–H groups in total. The van der Waals surface area contributed by atoms with Gasteiger partial charge in [-0.2, -0.15) is 0 Å². The summed E-state index contributed by atoms with van der Waals surface area (Å²) in [5.41, 5.74) is 5.14. The molecule has 2 heterocycles. The van der Waals surface area contributed by atoms with Crippen molar-refractivity contribution in [2.45, 2.75) is 19.8 Å². The van der Waals surface area contributed by atoms with E-state index in [1.165, 1.54) is 6.08 Å². The molecule has 1 aliphatic heterocycles. The van der Waals surface area contributed by atoms with Crippen LogP contribution in [0.4, 0.5) is 5.69 Å². The second-order valence-corrected chi connectivity index (χ2v) is 9.49. The highest BCUT2D eigenvalue weighted by Gasteiger charge is 2.30. The molecule has 186 valence electrons. The number of anilines is 1. The number of benzene rings is 3. The standard InChI is InChI=1S/C29H22Cl2N2O4/c1-17-25(28(35)32-23-5-3-2-4-6-23)26(18-7-11-21(30)12-8-18)27(19-9-13-22(31)14-10-19)33(17)16-20-15-24(34)37-29(20)36/h2-15,29,36H,16H2,1H3,(H,32,35). The minimum Gasteiger partial charge on any atom is -0.429 e. The van der Waals surface area contributed by atoms with Gasteiger partial charge in [-0.15, -0.1) is 0 Å². The first-order valence-corrected chi connectivity index (χ1v) is 12.3. The van der Waals surface area contributed by atoms with Crippen molar-refractivity contribution in [2.75, 3.05) is 5.32 Å². The predicted octanol–water partition coefficient (Wildman–Crippen LogP) is 6.49. The Morgan fingerprint density at radius 3 is 2.11 bits per heavy atom. The molecule has 1 aromatic heterocycles. The highest BCUT2D eigenvalue weighted by atomic mass is 35.5. The lowest BCUT2D eigenvalue weighted by molar-refractivity contribution is -0.151. The fourth-order valence-electron chi connectivity index (χ4n) is 4.48. The van der Waals surface area contributed by atoms with Crippen molar-refractivity contribution in [3.05, 3.63) is 112 Å². The minimum atomic E-state index is -1.35. The van der Waals surface area contributed by atoms with Crippen molar-refractivity contribution in [3.8, 4) is 22.4 Å². The largest absolute Gasteiger partial charge is 0.429 e. The molecule has 5 rings (SSSR count). The van der Waals surface area contributed by atoms with Crippen LogP contribution in [0.5, 0.6) is 0 Å². The molecule has 1 unspecified atom stereocenters. The van der Waals surface area contributed by atoms with Gasteiger partial charge in [0.2, 0.25) is 6.29 Å². The van der Waals surface area contributed by atoms with E-state index < -0.39 is 12.3 Å². The summed E-state index contributed by atoms with van der Waals surface area (Å²) in [6, 6.07) is 23.7. The van der Waals surface area contributed by atoms with Crippen LogP contribution in [-0.2, 0) is 16.1 Å². The lowest BCUT2D eigenvalue weighted by Crippen LogP contribution is -2.16. The van der Waals surface area contributed by atoms with Crippen LogP contribution < -0.4 is 5.32 Å². The van der Waals surface area contributed by atoms with Crippen LogP contribution >= 0.6 is 23.2 Å². The van der Waals surface area contributed by atoms with Gasteiger partial charge in [-0.05, 0) is 54.4 Å². The summed E-state index contributed by atoms with van der Waals surface area (Å²) in [5.74, 6) is -0.906. The molecule has 1 aliphatic rings. The fourth-order valence-corrected chi connectivity index (χ4v) is 4.73. The van der Waals surface area contributed by atoms with Crippen molar-refractivity contribution < 1.29 is 19.4 Å². The Labute approximate surface area is 223 Å². The maximum absolute atomic E-state index is 13.8. The third-order valence-corrected chi connectivity index (χ3v) is 6.73. The molecular weight excluding hydrogens is 511 g/mol. The second kappa shape index (κ2) is 10.3. The first kappa shape index (κ1) is 24.8. The number of para-hydroxylation sites is 1. The van der Waals surface area contributed by atoms with Gasteiger partial charge in [0, 0.05) is 38.6 Å². The Morgan fingerprint density at radius 2 is 1.54 bits per heavy atom. The summed E-state index contributed by atoms with van der Waals surface area (Å²) in [5, 5.41) is 14.4. The molecule has 0 radical (unpaired) electrons. The van der Waals surface area contributed by atoms with Gasteiger partial charge in [0.15, 0.2) is 0 Å². The maximum atomic E-state index is 13.8. The van der Waals surface area contributed by atoms with Crippen LogP contribution in [-0.4, -0.2) is 27.8 Å². The molecule has 0 bridgehead atoms. The first-order chi connectivity index (χ1) is 17.8. The first-order valence-electron chi connectivity index (χ1n) is 11.5. The van der Waals surface area contributed by atoms with E-state index in [1.807, 2.05) is 66.1 Å². The molecule has 0 fully saturated rings. The van der Waals surface area contributed by atoms with Crippen LogP contribution in [0, 0.1) is 6.92 Å². The quantitative estimate of drug-likeness (QED) is 0.278. The molecule has 1 atom stereocenters. The Morgan fingerprint density at radius 1 is 0.946 bits per heavy atom. The zero-order valence-electron chi connectivity index (χ0n) is 19.7. The van der Waals surface area contributed by atoms with Crippen LogP contribution in [0.15, 0.2) is 90.5 Å². The van der Waals surface area contributed by atoms with Gasteiger partial charge in [-0.1, -0.05) is 65.7 Å². The summed E-state index contributed by atoms with van der Waals surface area (Å²) in [4.78, 5) is 25.6. The van der Waals surface area contributed by atoms with Crippen LogP contribution in [0.2, 0.25) is 10.0 Å². The number of aromatic nitrogens is 1. The van der Waals surface area contributed by atoms with Gasteiger partial charge in [-0.3, -0.25) is 4.79 Å². The van der Waals surface area contributed by atoms with Crippen molar-refractivity contribution >= 4 is 40.8 Å². The van der Waals surface area contributed by atoms with Crippen molar-refractivity contribution in [1.82, 2.24) is 4.57 Å². The fraction of sp³-hybridized carbons (Fsp3) is 0.103. The van der Waals surface area contributed by atoms with Crippen molar-refractivity contribution in [1.29, 1.82) is 0 Å². The van der Waals surface area contributed by atoms with Gasteiger partial charge in [0.1, 0.15) is 0 Å². The number of hydrogen-bond acceptors (Lipinski definition) is 4. The highest BCUT2D eigenvalue weighted by Crippen LogP contribution is 2.41. The second-order valence-electron chi connectivity index (χ2n) is 8.61. The van der Waals surface area contributed by atoms with E-state index >= 15 is 0 Å². The molecule has 0 aliphatic carbocycles. The van der Waals surface area contributed by atoms with Crippen molar-refractivity contribution in [2.24, 2.45) is 0 Å². The number of aliphatic hydroxyl groups excluding tert-OH is 1. The van der Waals surface area contributed by atoms with Gasteiger partial charge >= 0.3 is 5.97 Å².